The number of rotatable bonds is 4. The van der Waals surface area contributed by atoms with Gasteiger partial charge in [-0.2, -0.15) is 0 Å². The molecule has 1 aromatic heterocycles. The highest BCUT2D eigenvalue weighted by Gasteiger charge is 2.08. The second-order valence-electron chi connectivity index (χ2n) is 4.25. The molecule has 1 heterocycles. The fourth-order valence-electron chi connectivity index (χ4n) is 2.04. The van der Waals surface area contributed by atoms with Crippen LogP contribution in [0.1, 0.15) is 37.0 Å². The third-order valence-corrected chi connectivity index (χ3v) is 3.15. The molecule has 0 N–H and O–H groups in total. The van der Waals surface area contributed by atoms with Crippen molar-refractivity contribution in [3.8, 4) is 0 Å². The second kappa shape index (κ2) is 5.58. The van der Waals surface area contributed by atoms with Crippen molar-refractivity contribution < 1.29 is 4.79 Å². The molecule has 2 heteroatoms. The predicted molar refractivity (Wildman–Crippen MR) is 74.7 cm³/mol. The molecule has 0 unspecified atom stereocenters. The number of fused-ring (bicyclic) bond motifs is 1. The highest BCUT2D eigenvalue weighted by molar-refractivity contribution is 6.13. The van der Waals surface area contributed by atoms with Gasteiger partial charge in [0, 0.05) is 17.1 Å². The lowest BCUT2D eigenvalue weighted by atomic mass is 10.0. The summed E-state index contributed by atoms with van der Waals surface area (Å²) in [4.78, 5) is 16.6. The molecule has 0 aliphatic heterocycles. The minimum Gasteiger partial charge on any atom is -0.289 e. The quantitative estimate of drug-likeness (QED) is 0.592. The van der Waals surface area contributed by atoms with E-state index in [1.54, 1.807) is 12.3 Å². The van der Waals surface area contributed by atoms with E-state index < -0.39 is 0 Å². The van der Waals surface area contributed by atoms with Gasteiger partial charge in [0.15, 0.2) is 5.78 Å². The molecule has 18 heavy (non-hydrogen) atoms. The van der Waals surface area contributed by atoms with Crippen molar-refractivity contribution in [1.82, 2.24) is 4.98 Å². The molecule has 0 bridgehead atoms. The summed E-state index contributed by atoms with van der Waals surface area (Å²) in [5.41, 5.74) is 2.78. The van der Waals surface area contributed by atoms with Crippen LogP contribution in [0.15, 0.2) is 48.2 Å². The van der Waals surface area contributed by atoms with Crippen molar-refractivity contribution >= 4 is 16.7 Å². The normalized spacial score (nSPS) is 10.3. The Hall–Kier alpha value is -1.96. The Morgan fingerprint density at radius 1 is 1.17 bits per heavy atom. The van der Waals surface area contributed by atoms with Crippen LogP contribution in [0.25, 0.3) is 10.9 Å². The fourth-order valence-corrected chi connectivity index (χ4v) is 2.04. The summed E-state index contributed by atoms with van der Waals surface area (Å²) < 4.78 is 0. The van der Waals surface area contributed by atoms with Crippen LogP contribution >= 0.6 is 0 Å². The minimum atomic E-state index is 0.0762. The predicted octanol–water partition coefficient (Wildman–Crippen LogP) is 4.16. The minimum absolute atomic E-state index is 0.0762. The van der Waals surface area contributed by atoms with Gasteiger partial charge < -0.3 is 0 Å². The third-order valence-electron chi connectivity index (χ3n) is 3.15. The standard InChI is InChI=1S/C16H17NO/c1-3-12(4-2)11-16(18)14-7-5-9-15-13(14)8-6-10-17-15/h5-11H,3-4H2,1-2H3. The van der Waals surface area contributed by atoms with Crippen molar-refractivity contribution in [2.45, 2.75) is 26.7 Å². The molecule has 0 saturated heterocycles. The van der Waals surface area contributed by atoms with Gasteiger partial charge in [-0.05, 0) is 31.1 Å². The van der Waals surface area contributed by atoms with Gasteiger partial charge in [-0.25, -0.2) is 0 Å². The number of aromatic nitrogens is 1. The van der Waals surface area contributed by atoms with E-state index in [1.165, 1.54) is 5.57 Å². The van der Waals surface area contributed by atoms with Gasteiger partial charge in [0.05, 0.1) is 5.52 Å². The smallest absolute Gasteiger partial charge is 0.186 e. The molecule has 2 nitrogen and oxygen atoms in total. The molecule has 0 spiro atoms. The molecule has 0 fully saturated rings. The van der Waals surface area contributed by atoms with Crippen LogP contribution in [0.4, 0.5) is 0 Å². The van der Waals surface area contributed by atoms with Crippen molar-refractivity contribution in [1.29, 1.82) is 0 Å². The topological polar surface area (TPSA) is 30.0 Å². The van der Waals surface area contributed by atoms with Crippen LogP contribution in [0.2, 0.25) is 0 Å². The first-order valence-electron chi connectivity index (χ1n) is 6.33. The zero-order valence-corrected chi connectivity index (χ0v) is 10.8. The molecule has 0 aliphatic rings. The maximum Gasteiger partial charge on any atom is 0.186 e. The summed E-state index contributed by atoms with van der Waals surface area (Å²) in [7, 11) is 0. The molecule has 2 rings (SSSR count). The summed E-state index contributed by atoms with van der Waals surface area (Å²) in [6.45, 7) is 4.15. The zero-order valence-electron chi connectivity index (χ0n) is 10.8. The van der Waals surface area contributed by atoms with Gasteiger partial charge in [-0.3, -0.25) is 9.78 Å². The molecule has 0 radical (unpaired) electrons. The molecule has 0 saturated carbocycles. The van der Waals surface area contributed by atoms with Crippen molar-refractivity contribution in [2.24, 2.45) is 0 Å². The average Bonchev–Trinajstić information content (AvgIpc) is 2.43. The summed E-state index contributed by atoms with van der Waals surface area (Å²) in [6.07, 6.45) is 5.36. The first-order chi connectivity index (χ1) is 8.76. The van der Waals surface area contributed by atoms with E-state index in [-0.39, 0.29) is 5.78 Å². The highest BCUT2D eigenvalue weighted by Crippen LogP contribution is 2.18. The maximum atomic E-state index is 12.3. The monoisotopic (exact) mass is 239 g/mol. The second-order valence-corrected chi connectivity index (χ2v) is 4.25. The summed E-state index contributed by atoms with van der Waals surface area (Å²) in [6, 6.07) is 9.49. The SMILES string of the molecule is CCC(=CC(=O)c1cccc2ncccc12)CC. The lowest BCUT2D eigenvalue weighted by molar-refractivity contribution is 0.104. The van der Waals surface area contributed by atoms with Gasteiger partial charge in [0.25, 0.3) is 0 Å². The van der Waals surface area contributed by atoms with E-state index >= 15 is 0 Å². The summed E-state index contributed by atoms with van der Waals surface area (Å²) >= 11 is 0. The van der Waals surface area contributed by atoms with Crippen LogP contribution in [0.3, 0.4) is 0 Å². The molecule has 0 aliphatic carbocycles. The van der Waals surface area contributed by atoms with Gasteiger partial charge in [0.1, 0.15) is 0 Å². The van der Waals surface area contributed by atoms with E-state index in [1.807, 2.05) is 30.3 Å². The first-order valence-corrected chi connectivity index (χ1v) is 6.33. The molecule has 0 amide bonds. The van der Waals surface area contributed by atoms with Crippen LogP contribution in [0, 0.1) is 0 Å². The number of benzene rings is 1. The summed E-state index contributed by atoms with van der Waals surface area (Å²) in [5.74, 6) is 0.0762. The maximum absolute atomic E-state index is 12.3. The Balaban J connectivity index is 2.48. The number of allylic oxidation sites excluding steroid dienone is 2. The zero-order chi connectivity index (χ0) is 13.0. The van der Waals surface area contributed by atoms with E-state index in [0.29, 0.717) is 0 Å². The largest absolute Gasteiger partial charge is 0.289 e. The lowest BCUT2D eigenvalue weighted by Gasteiger charge is -2.04. The Bertz CT molecular complexity index is 588. The van der Waals surface area contributed by atoms with E-state index in [0.717, 1.165) is 29.3 Å². The van der Waals surface area contributed by atoms with Crippen molar-refractivity contribution in [3.05, 3.63) is 53.7 Å². The number of carbonyl (C=O) groups is 1. The van der Waals surface area contributed by atoms with Crippen LogP contribution in [0.5, 0.6) is 0 Å². The molecule has 1 aromatic carbocycles. The van der Waals surface area contributed by atoms with Gasteiger partial charge >= 0.3 is 0 Å². The van der Waals surface area contributed by atoms with E-state index in [2.05, 4.69) is 18.8 Å². The van der Waals surface area contributed by atoms with Crippen LogP contribution in [-0.4, -0.2) is 10.8 Å². The Morgan fingerprint density at radius 2 is 1.94 bits per heavy atom. The molecule has 0 atom stereocenters. The van der Waals surface area contributed by atoms with E-state index in [9.17, 15) is 4.79 Å². The fraction of sp³-hybridized carbons (Fsp3) is 0.250. The van der Waals surface area contributed by atoms with E-state index in [4.69, 9.17) is 0 Å². The molecular formula is C16H17NO. The number of carbonyl (C=O) groups excluding carboxylic acids is 1. The number of hydrogen-bond donors (Lipinski definition) is 0. The molecule has 92 valence electrons. The Morgan fingerprint density at radius 3 is 2.67 bits per heavy atom. The van der Waals surface area contributed by atoms with Crippen LogP contribution < -0.4 is 0 Å². The number of hydrogen-bond acceptors (Lipinski definition) is 2. The first kappa shape index (κ1) is 12.5. The Kier molecular flexibility index (Phi) is 3.88. The number of pyridine rings is 1. The van der Waals surface area contributed by atoms with Gasteiger partial charge in [0.2, 0.25) is 0 Å². The van der Waals surface area contributed by atoms with Crippen LogP contribution in [-0.2, 0) is 0 Å². The average molecular weight is 239 g/mol. The number of nitrogens with zero attached hydrogens (tertiary/aromatic N) is 1. The van der Waals surface area contributed by atoms with Crippen molar-refractivity contribution in [3.63, 3.8) is 0 Å². The molecular weight excluding hydrogens is 222 g/mol. The molecule has 2 aromatic rings. The highest BCUT2D eigenvalue weighted by atomic mass is 16.1. The summed E-state index contributed by atoms with van der Waals surface area (Å²) in [5, 5.41) is 0.924. The number of ketones is 1. The van der Waals surface area contributed by atoms with Gasteiger partial charge in [-0.1, -0.05) is 37.6 Å². The Labute approximate surface area is 107 Å². The van der Waals surface area contributed by atoms with Gasteiger partial charge in [-0.15, -0.1) is 0 Å². The lowest BCUT2D eigenvalue weighted by Crippen LogP contribution is -1.98. The third kappa shape index (κ3) is 2.48. The van der Waals surface area contributed by atoms with Crippen molar-refractivity contribution in [2.75, 3.05) is 0 Å².